The molecule has 0 aromatic carbocycles. The quantitative estimate of drug-likeness (QED) is 0.748. The molecule has 0 spiro atoms. The second-order valence-corrected chi connectivity index (χ2v) is 4.34. The van der Waals surface area contributed by atoms with E-state index in [1.165, 1.54) is 12.8 Å². The first kappa shape index (κ1) is 11.4. The van der Waals surface area contributed by atoms with E-state index in [1.807, 2.05) is 11.8 Å². The molecule has 5 heteroatoms. The molecule has 0 saturated heterocycles. The fourth-order valence-corrected chi connectivity index (χ4v) is 2.49. The van der Waals surface area contributed by atoms with E-state index < -0.39 is 0 Å². The number of nitrogens with one attached hydrogen (secondary N) is 2. The van der Waals surface area contributed by atoms with Gasteiger partial charge in [0.05, 0.1) is 6.54 Å². The lowest BCUT2D eigenvalue weighted by Crippen LogP contribution is -2.51. The van der Waals surface area contributed by atoms with Crippen LogP contribution in [0, 0.1) is 0 Å². The average Bonchev–Trinajstić information content (AvgIpc) is 2.51. The van der Waals surface area contributed by atoms with Crippen molar-refractivity contribution in [1.82, 2.24) is 10.6 Å². The topological polar surface area (TPSA) is 36.4 Å². The SMILES string of the molecule is CSC1CCC1NC1=NCCN1.I. The summed E-state index contributed by atoms with van der Waals surface area (Å²) in [5, 5.41) is 7.47. The van der Waals surface area contributed by atoms with Gasteiger partial charge in [-0.1, -0.05) is 0 Å². The molecule has 2 unspecified atom stereocenters. The molecule has 0 bridgehead atoms. The van der Waals surface area contributed by atoms with E-state index in [2.05, 4.69) is 21.9 Å². The van der Waals surface area contributed by atoms with Gasteiger partial charge in [-0.2, -0.15) is 11.8 Å². The van der Waals surface area contributed by atoms with Gasteiger partial charge in [-0.3, -0.25) is 4.99 Å². The van der Waals surface area contributed by atoms with E-state index in [-0.39, 0.29) is 24.0 Å². The summed E-state index contributed by atoms with van der Waals surface area (Å²) in [6.07, 6.45) is 4.83. The van der Waals surface area contributed by atoms with Gasteiger partial charge in [0.1, 0.15) is 0 Å². The summed E-state index contributed by atoms with van der Waals surface area (Å²) in [5.41, 5.74) is 0. The monoisotopic (exact) mass is 313 g/mol. The van der Waals surface area contributed by atoms with Gasteiger partial charge in [0.15, 0.2) is 5.96 Å². The number of guanidine groups is 1. The highest BCUT2D eigenvalue weighted by Crippen LogP contribution is 2.29. The maximum Gasteiger partial charge on any atom is 0.191 e. The van der Waals surface area contributed by atoms with Crippen LogP contribution < -0.4 is 10.6 Å². The normalized spacial score (nSPS) is 31.0. The molecule has 1 fully saturated rings. The molecule has 0 aromatic rings. The van der Waals surface area contributed by atoms with Gasteiger partial charge >= 0.3 is 0 Å². The molecule has 0 radical (unpaired) electrons. The summed E-state index contributed by atoms with van der Waals surface area (Å²) in [6, 6.07) is 0.657. The first-order chi connectivity index (χ1) is 5.90. The minimum atomic E-state index is 0. The van der Waals surface area contributed by atoms with Gasteiger partial charge in [0, 0.05) is 17.8 Å². The third-order valence-electron chi connectivity index (χ3n) is 2.51. The van der Waals surface area contributed by atoms with Gasteiger partial charge in [0.25, 0.3) is 0 Å². The van der Waals surface area contributed by atoms with Crippen molar-refractivity contribution in [2.45, 2.75) is 24.1 Å². The number of nitrogens with zero attached hydrogens (tertiary/aromatic N) is 1. The highest BCUT2D eigenvalue weighted by molar-refractivity contribution is 14.0. The smallest absolute Gasteiger partial charge is 0.191 e. The summed E-state index contributed by atoms with van der Waals surface area (Å²) >= 11 is 1.96. The van der Waals surface area contributed by atoms with Crippen LogP contribution in [0.4, 0.5) is 0 Å². The van der Waals surface area contributed by atoms with E-state index in [1.54, 1.807) is 0 Å². The number of halogens is 1. The van der Waals surface area contributed by atoms with E-state index in [0.29, 0.717) is 6.04 Å². The van der Waals surface area contributed by atoms with Gasteiger partial charge in [-0.05, 0) is 19.1 Å². The summed E-state index contributed by atoms with van der Waals surface area (Å²) in [5.74, 6) is 1.01. The third-order valence-corrected chi connectivity index (χ3v) is 3.68. The molecule has 76 valence electrons. The molecular formula is C8H16IN3S. The van der Waals surface area contributed by atoms with Crippen molar-refractivity contribution in [1.29, 1.82) is 0 Å². The largest absolute Gasteiger partial charge is 0.355 e. The Morgan fingerprint density at radius 1 is 1.54 bits per heavy atom. The van der Waals surface area contributed by atoms with Gasteiger partial charge in [0.2, 0.25) is 0 Å². The van der Waals surface area contributed by atoms with Gasteiger partial charge in [-0.25, -0.2) is 0 Å². The van der Waals surface area contributed by atoms with E-state index in [9.17, 15) is 0 Å². The Hall–Kier alpha value is 0.350. The van der Waals surface area contributed by atoms with Crippen molar-refractivity contribution in [3.8, 4) is 0 Å². The Morgan fingerprint density at radius 2 is 2.38 bits per heavy atom. The van der Waals surface area contributed by atoms with Crippen LogP contribution in [0.5, 0.6) is 0 Å². The molecule has 2 aliphatic rings. The molecule has 0 aromatic heterocycles. The predicted molar refractivity (Wildman–Crippen MR) is 69.2 cm³/mol. The maximum absolute atomic E-state index is 4.31. The molecule has 2 atom stereocenters. The lowest BCUT2D eigenvalue weighted by atomic mass is 9.92. The fourth-order valence-electron chi connectivity index (χ4n) is 1.59. The zero-order valence-electron chi connectivity index (χ0n) is 7.75. The van der Waals surface area contributed by atoms with Crippen LogP contribution in [0.1, 0.15) is 12.8 Å². The summed E-state index contributed by atoms with van der Waals surface area (Å²) in [7, 11) is 0. The van der Waals surface area contributed by atoms with Crippen LogP contribution in [0.3, 0.4) is 0 Å². The molecule has 1 aliphatic heterocycles. The van der Waals surface area contributed by atoms with Crippen molar-refractivity contribution < 1.29 is 0 Å². The summed E-state index contributed by atoms with van der Waals surface area (Å²) < 4.78 is 0. The van der Waals surface area contributed by atoms with Gasteiger partial charge < -0.3 is 10.6 Å². The summed E-state index contributed by atoms with van der Waals surface area (Å²) in [6.45, 7) is 1.93. The Morgan fingerprint density at radius 3 is 2.85 bits per heavy atom. The first-order valence-electron chi connectivity index (χ1n) is 4.48. The van der Waals surface area contributed by atoms with E-state index >= 15 is 0 Å². The predicted octanol–water partition coefficient (Wildman–Crippen LogP) is 1.05. The number of thioether (sulfide) groups is 1. The van der Waals surface area contributed by atoms with Crippen LogP contribution in [0.15, 0.2) is 4.99 Å². The molecule has 1 saturated carbocycles. The Labute approximate surface area is 101 Å². The minimum Gasteiger partial charge on any atom is -0.355 e. The highest BCUT2D eigenvalue weighted by Gasteiger charge is 2.30. The molecule has 2 rings (SSSR count). The van der Waals surface area contributed by atoms with Crippen LogP contribution >= 0.6 is 35.7 Å². The maximum atomic E-state index is 4.31. The number of hydrogen-bond acceptors (Lipinski definition) is 4. The Bertz CT molecular complexity index is 196. The molecule has 1 heterocycles. The van der Waals surface area contributed by atoms with Crippen LogP contribution in [0.2, 0.25) is 0 Å². The number of rotatable bonds is 2. The fraction of sp³-hybridized carbons (Fsp3) is 0.875. The van der Waals surface area contributed by atoms with Crippen molar-refractivity contribution >= 4 is 41.7 Å². The van der Waals surface area contributed by atoms with Crippen molar-refractivity contribution in [3.63, 3.8) is 0 Å². The average molecular weight is 313 g/mol. The molecule has 1 aliphatic carbocycles. The number of hydrogen-bond donors (Lipinski definition) is 2. The zero-order valence-corrected chi connectivity index (χ0v) is 10.9. The Kier molecular flexibility index (Phi) is 4.64. The highest BCUT2D eigenvalue weighted by atomic mass is 127. The van der Waals surface area contributed by atoms with E-state index in [0.717, 1.165) is 24.3 Å². The summed E-state index contributed by atoms with van der Waals surface area (Å²) in [4.78, 5) is 4.31. The van der Waals surface area contributed by atoms with Crippen molar-refractivity contribution in [2.75, 3.05) is 19.3 Å². The second kappa shape index (κ2) is 5.29. The lowest BCUT2D eigenvalue weighted by Gasteiger charge is -2.36. The second-order valence-electron chi connectivity index (χ2n) is 3.26. The molecular weight excluding hydrogens is 297 g/mol. The molecule has 13 heavy (non-hydrogen) atoms. The van der Waals surface area contributed by atoms with Gasteiger partial charge in [-0.15, -0.1) is 24.0 Å². The minimum absolute atomic E-state index is 0. The number of aliphatic imine (C=N–C) groups is 1. The molecule has 2 N–H and O–H groups in total. The first-order valence-corrected chi connectivity index (χ1v) is 5.76. The Balaban J connectivity index is 0.000000845. The lowest BCUT2D eigenvalue weighted by molar-refractivity contribution is 0.397. The van der Waals surface area contributed by atoms with Crippen LogP contribution in [-0.4, -0.2) is 36.6 Å². The van der Waals surface area contributed by atoms with Crippen LogP contribution in [-0.2, 0) is 0 Å². The van der Waals surface area contributed by atoms with Crippen LogP contribution in [0.25, 0.3) is 0 Å². The zero-order chi connectivity index (χ0) is 8.39. The molecule has 0 amide bonds. The molecule has 3 nitrogen and oxygen atoms in total. The third kappa shape index (κ3) is 2.65. The van der Waals surface area contributed by atoms with Crippen molar-refractivity contribution in [3.05, 3.63) is 0 Å². The van der Waals surface area contributed by atoms with E-state index in [4.69, 9.17) is 0 Å². The standard InChI is InChI=1S/C8H15N3S.HI/c1-12-7-3-2-6(7)11-8-9-4-5-10-8;/h6-7H,2-5H2,1H3,(H2,9,10,11);1H. The van der Waals surface area contributed by atoms with Crippen molar-refractivity contribution in [2.24, 2.45) is 4.99 Å².